The molecule has 0 saturated heterocycles. The van der Waals surface area contributed by atoms with Gasteiger partial charge in [0.05, 0.1) is 39.9 Å². The Bertz CT molecular complexity index is 1380. The molecule has 0 aromatic rings. The molecule has 2 N–H and O–H groups in total. The number of allylic oxidation sites excluding steroid dienone is 7. The van der Waals surface area contributed by atoms with E-state index >= 15 is 0 Å². The van der Waals surface area contributed by atoms with Gasteiger partial charge in [-0.3, -0.25) is 9.36 Å². The Morgan fingerprint density at radius 3 is 1.14 bits per heavy atom. The van der Waals surface area contributed by atoms with Crippen molar-refractivity contribution in [2.24, 2.45) is 0 Å². The smallest absolute Gasteiger partial charge is 0.268 e. The van der Waals surface area contributed by atoms with Gasteiger partial charge in [-0.2, -0.15) is 0 Å². The molecule has 448 valence electrons. The van der Waals surface area contributed by atoms with Crippen LogP contribution in [0.4, 0.5) is 0 Å². The zero-order chi connectivity index (χ0) is 55.6. The second-order valence-electron chi connectivity index (χ2n) is 23.8. The minimum Gasteiger partial charge on any atom is -0.756 e. The number of amides is 1. The van der Waals surface area contributed by atoms with Gasteiger partial charge in [-0.25, -0.2) is 0 Å². The lowest BCUT2D eigenvalue weighted by Crippen LogP contribution is -2.45. The summed E-state index contributed by atoms with van der Waals surface area (Å²) in [4.78, 5) is 25.5. The van der Waals surface area contributed by atoms with E-state index in [2.05, 4.69) is 55.6 Å². The lowest BCUT2D eigenvalue weighted by Gasteiger charge is -2.29. The van der Waals surface area contributed by atoms with Gasteiger partial charge in [0.15, 0.2) is 0 Å². The third kappa shape index (κ3) is 60.1. The Labute approximate surface area is 473 Å². The number of nitrogens with zero attached hydrogens (tertiary/aromatic N) is 1. The quantitative estimate of drug-likeness (QED) is 0.0272. The van der Waals surface area contributed by atoms with E-state index < -0.39 is 20.0 Å². The molecule has 3 unspecified atom stereocenters. The first-order chi connectivity index (χ1) is 37.0. The van der Waals surface area contributed by atoms with Crippen LogP contribution in [0.25, 0.3) is 0 Å². The van der Waals surface area contributed by atoms with Crippen molar-refractivity contribution in [3.8, 4) is 0 Å². The average molecular weight is 1090 g/mol. The molecule has 0 bridgehead atoms. The average Bonchev–Trinajstić information content (AvgIpc) is 3.38. The Balaban J connectivity index is 3.97. The molecule has 1 amide bonds. The Morgan fingerprint density at radius 1 is 0.461 bits per heavy atom. The van der Waals surface area contributed by atoms with Crippen molar-refractivity contribution in [3.63, 3.8) is 0 Å². The van der Waals surface area contributed by atoms with Crippen LogP contribution in [-0.2, 0) is 18.4 Å². The third-order valence-electron chi connectivity index (χ3n) is 15.0. The largest absolute Gasteiger partial charge is 0.756 e. The first-order valence-corrected chi connectivity index (χ1v) is 34.5. The van der Waals surface area contributed by atoms with E-state index in [0.717, 1.165) is 44.9 Å². The first-order valence-electron chi connectivity index (χ1n) is 33.0. The molecular formula is C67H129N2O6P. The molecule has 0 saturated carbocycles. The molecule has 0 heterocycles. The van der Waals surface area contributed by atoms with E-state index in [1.807, 2.05) is 27.2 Å². The summed E-state index contributed by atoms with van der Waals surface area (Å²) in [5.74, 6) is -0.202. The van der Waals surface area contributed by atoms with E-state index in [1.165, 1.54) is 257 Å². The number of aliphatic hydroxyl groups excluding tert-OH is 1. The second-order valence-corrected chi connectivity index (χ2v) is 25.2. The zero-order valence-electron chi connectivity index (χ0n) is 51.2. The molecule has 9 heteroatoms. The minimum absolute atomic E-state index is 0.00506. The summed E-state index contributed by atoms with van der Waals surface area (Å²) in [6, 6.07) is -0.902. The molecule has 0 rings (SSSR count). The van der Waals surface area contributed by atoms with Gasteiger partial charge >= 0.3 is 0 Å². The number of aliphatic hydroxyl groups is 1. The molecule has 0 aliphatic heterocycles. The number of unbranched alkanes of at least 4 members (excludes halogenated alkanes) is 42. The third-order valence-corrected chi connectivity index (χ3v) is 16.0. The number of likely N-dealkylation sites (N-methyl/N-ethyl adjacent to an activating group) is 1. The van der Waals surface area contributed by atoms with Crippen LogP contribution in [0.1, 0.15) is 322 Å². The topological polar surface area (TPSA) is 108 Å². The summed E-state index contributed by atoms with van der Waals surface area (Å²) in [5.41, 5.74) is 0. The van der Waals surface area contributed by atoms with Gasteiger partial charge in [-0.15, -0.1) is 0 Å². The highest BCUT2D eigenvalue weighted by Crippen LogP contribution is 2.38. The van der Waals surface area contributed by atoms with Crippen LogP contribution in [0.3, 0.4) is 0 Å². The predicted molar refractivity (Wildman–Crippen MR) is 330 cm³/mol. The van der Waals surface area contributed by atoms with Gasteiger partial charge < -0.3 is 28.8 Å². The standard InChI is InChI=1S/C67H129N2O6P/c1-6-8-10-12-14-16-18-20-22-24-25-26-27-28-29-30-31-32-33-34-35-36-37-38-39-40-41-42-43-45-47-49-51-53-55-57-59-61-67(71)68-65(64-75-76(72,73)74-63-62-69(3,4)5)66(70)60-58-56-54-52-50-48-46-44-23-21-19-17-15-13-11-9-7-2/h18,20,24-25,50,52,58,60,65-66,70H,6-17,19,21-23,26-49,51,53-57,59,61-64H2,1-5H3,(H-,68,71,72,73)/b20-18-,25-24-,52-50+,60-58+. The highest BCUT2D eigenvalue weighted by atomic mass is 31.2. The Morgan fingerprint density at radius 2 is 0.776 bits per heavy atom. The molecule has 0 aliphatic rings. The maximum absolute atomic E-state index is 13.0. The molecule has 0 fully saturated rings. The number of phosphoric acid groups is 1. The van der Waals surface area contributed by atoms with Crippen molar-refractivity contribution in [1.82, 2.24) is 5.32 Å². The molecule has 76 heavy (non-hydrogen) atoms. The van der Waals surface area contributed by atoms with Crippen molar-refractivity contribution < 1.29 is 32.9 Å². The van der Waals surface area contributed by atoms with Crippen LogP contribution < -0.4 is 10.2 Å². The Hall–Kier alpha value is -1.54. The molecule has 0 aromatic carbocycles. The van der Waals surface area contributed by atoms with E-state index in [9.17, 15) is 19.4 Å². The minimum atomic E-state index is -4.61. The fourth-order valence-corrected chi connectivity index (χ4v) is 10.6. The predicted octanol–water partition coefficient (Wildman–Crippen LogP) is 20.0. The van der Waals surface area contributed by atoms with Gasteiger partial charge in [0.25, 0.3) is 7.82 Å². The lowest BCUT2D eigenvalue weighted by molar-refractivity contribution is -0.870. The monoisotopic (exact) mass is 1090 g/mol. The number of hydrogen-bond acceptors (Lipinski definition) is 6. The number of nitrogens with one attached hydrogen (secondary N) is 1. The maximum atomic E-state index is 13.0. The van der Waals surface area contributed by atoms with Gasteiger partial charge in [0.2, 0.25) is 5.91 Å². The number of hydrogen-bond donors (Lipinski definition) is 2. The Kier molecular flexibility index (Phi) is 56.9. The van der Waals surface area contributed by atoms with Gasteiger partial charge in [-0.1, -0.05) is 300 Å². The van der Waals surface area contributed by atoms with E-state index in [4.69, 9.17) is 9.05 Å². The summed E-state index contributed by atoms with van der Waals surface area (Å²) in [7, 11) is 1.25. The number of quaternary nitrogens is 1. The first kappa shape index (κ1) is 74.5. The fraction of sp³-hybridized carbons (Fsp3) is 0.866. The van der Waals surface area contributed by atoms with Crippen LogP contribution in [0.5, 0.6) is 0 Å². The second kappa shape index (κ2) is 58.1. The van der Waals surface area contributed by atoms with E-state index in [-0.39, 0.29) is 19.1 Å². The maximum Gasteiger partial charge on any atom is 0.268 e. The van der Waals surface area contributed by atoms with Crippen molar-refractivity contribution in [3.05, 3.63) is 48.6 Å². The summed E-state index contributed by atoms with van der Waals surface area (Å²) in [6.07, 6.45) is 78.1. The lowest BCUT2D eigenvalue weighted by atomic mass is 10.0. The van der Waals surface area contributed by atoms with Crippen molar-refractivity contribution >= 4 is 13.7 Å². The highest BCUT2D eigenvalue weighted by Gasteiger charge is 2.23. The van der Waals surface area contributed by atoms with Gasteiger partial charge in [0, 0.05) is 6.42 Å². The highest BCUT2D eigenvalue weighted by molar-refractivity contribution is 7.45. The fourth-order valence-electron chi connectivity index (χ4n) is 9.85. The molecule has 0 aromatic heterocycles. The number of rotatable bonds is 61. The number of carbonyl (C=O) groups excluding carboxylic acids is 1. The SMILES string of the molecule is CCCCCCC/C=C\C/C=C\CCCCCCCCCCCCCCCCCCCCCCCCCCCC(=O)NC(COP(=O)([O-])OCC[N+](C)(C)C)C(O)/C=C/CC/C=C/CCCCCCCCCCCCC. The normalized spacial score (nSPS) is 14.0. The van der Waals surface area contributed by atoms with E-state index in [0.29, 0.717) is 17.4 Å². The zero-order valence-corrected chi connectivity index (χ0v) is 52.1. The molecule has 3 atom stereocenters. The number of phosphoric ester groups is 1. The van der Waals surface area contributed by atoms with Gasteiger partial charge in [-0.05, 0) is 64.2 Å². The summed E-state index contributed by atoms with van der Waals surface area (Å²) < 4.78 is 23.4. The summed E-state index contributed by atoms with van der Waals surface area (Å²) >= 11 is 0. The molecular weight excluding hydrogens is 960 g/mol. The number of carbonyl (C=O) groups is 1. The van der Waals surface area contributed by atoms with Crippen LogP contribution in [0.15, 0.2) is 48.6 Å². The van der Waals surface area contributed by atoms with Gasteiger partial charge in [0.1, 0.15) is 13.2 Å². The van der Waals surface area contributed by atoms with Crippen molar-refractivity contribution in [2.75, 3.05) is 40.9 Å². The molecule has 8 nitrogen and oxygen atoms in total. The summed E-state index contributed by atoms with van der Waals surface area (Å²) in [5, 5.41) is 13.9. The molecule has 0 spiro atoms. The van der Waals surface area contributed by atoms with E-state index in [1.54, 1.807) is 6.08 Å². The molecule has 0 radical (unpaired) electrons. The molecule has 0 aliphatic carbocycles. The van der Waals surface area contributed by atoms with Crippen LogP contribution in [0.2, 0.25) is 0 Å². The summed E-state index contributed by atoms with van der Waals surface area (Å²) in [6.45, 7) is 4.65. The van der Waals surface area contributed by atoms with Crippen molar-refractivity contribution in [2.45, 2.75) is 334 Å². The van der Waals surface area contributed by atoms with Crippen LogP contribution >= 0.6 is 7.82 Å². The van der Waals surface area contributed by atoms with Crippen LogP contribution in [-0.4, -0.2) is 68.5 Å². The van der Waals surface area contributed by atoms with Crippen molar-refractivity contribution in [1.29, 1.82) is 0 Å². The van der Waals surface area contributed by atoms with Crippen LogP contribution in [0, 0.1) is 0 Å².